The minimum absolute atomic E-state index is 0.0786. The summed E-state index contributed by atoms with van der Waals surface area (Å²) in [4.78, 5) is 38.3. The summed E-state index contributed by atoms with van der Waals surface area (Å²) in [5, 5.41) is 0. The SMILES string of the molecule is CCCCC/C=C\CCCCCCCC(=O)OCC(COC(=O)CCCCCCCCCCCCCCCCCC/C=C\C/C=C\C/C=C\CCCCCCC)OC(=O)CCCCCCCCC/C=C\C/C=C\CCCCCC. The predicted octanol–water partition coefficient (Wildman–Crippen LogP) is 23.7. The largest absolute Gasteiger partial charge is 0.462 e. The molecule has 0 aliphatic carbocycles. The lowest BCUT2D eigenvalue weighted by molar-refractivity contribution is -0.167. The summed E-state index contributed by atoms with van der Waals surface area (Å²) in [6, 6.07) is 0. The minimum atomic E-state index is -0.783. The summed E-state index contributed by atoms with van der Waals surface area (Å²) in [7, 11) is 0. The van der Waals surface area contributed by atoms with Crippen molar-refractivity contribution in [1.82, 2.24) is 0 Å². The second-order valence-electron chi connectivity index (χ2n) is 23.1. The van der Waals surface area contributed by atoms with Gasteiger partial charge in [0.25, 0.3) is 0 Å². The van der Waals surface area contributed by atoms with Gasteiger partial charge < -0.3 is 14.2 Å². The van der Waals surface area contributed by atoms with E-state index < -0.39 is 6.10 Å². The third-order valence-corrected chi connectivity index (χ3v) is 15.2. The fourth-order valence-corrected chi connectivity index (χ4v) is 9.95. The Morgan fingerprint density at radius 3 is 0.759 bits per heavy atom. The molecule has 458 valence electrons. The van der Waals surface area contributed by atoms with Crippen molar-refractivity contribution in [2.45, 2.75) is 361 Å². The van der Waals surface area contributed by atoms with Gasteiger partial charge in [-0.1, -0.05) is 293 Å². The molecular weight excluding hydrogens is 973 g/mol. The summed E-state index contributed by atoms with van der Waals surface area (Å²) in [5.41, 5.74) is 0. The highest BCUT2D eigenvalue weighted by molar-refractivity contribution is 5.71. The smallest absolute Gasteiger partial charge is 0.306 e. The second-order valence-corrected chi connectivity index (χ2v) is 23.1. The van der Waals surface area contributed by atoms with E-state index in [1.807, 2.05) is 0 Å². The Morgan fingerprint density at radius 1 is 0.253 bits per heavy atom. The van der Waals surface area contributed by atoms with Gasteiger partial charge >= 0.3 is 17.9 Å². The van der Waals surface area contributed by atoms with Gasteiger partial charge in [-0.3, -0.25) is 14.4 Å². The summed E-state index contributed by atoms with van der Waals surface area (Å²) in [5.74, 6) is -0.880. The Balaban J connectivity index is 4.19. The van der Waals surface area contributed by atoms with E-state index in [9.17, 15) is 14.4 Å². The summed E-state index contributed by atoms with van der Waals surface area (Å²) < 4.78 is 16.9. The molecule has 0 aromatic rings. The highest BCUT2D eigenvalue weighted by Crippen LogP contribution is 2.17. The van der Waals surface area contributed by atoms with Crippen molar-refractivity contribution in [1.29, 1.82) is 0 Å². The number of unbranched alkanes of at least 4 members (excludes halogenated alkanes) is 40. The summed E-state index contributed by atoms with van der Waals surface area (Å²) >= 11 is 0. The molecular formula is C73H130O6. The zero-order valence-corrected chi connectivity index (χ0v) is 52.6. The van der Waals surface area contributed by atoms with Crippen molar-refractivity contribution < 1.29 is 28.6 Å². The van der Waals surface area contributed by atoms with Gasteiger partial charge in [-0.15, -0.1) is 0 Å². The first-order valence-electron chi connectivity index (χ1n) is 34.4. The maximum atomic E-state index is 12.9. The molecule has 0 rings (SSSR count). The van der Waals surface area contributed by atoms with Gasteiger partial charge in [0, 0.05) is 19.3 Å². The average Bonchev–Trinajstić information content (AvgIpc) is 3.45. The molecule has 0 fully saturated rings. The first kappa shape index (κ1) is 75.8. The van der Waals surface area contributed by atoms with Crippen molar-refractivity contribution in [3.05, 3.63) is 72.9 Å². The molecule has 0 N–H and O–H groups in total. The van der Waals surface area contributed by atoms with Crippen LogP contribution in [0, 0.1) is 0 Å². The molecule has 0 aliphatic rings. The molecule has 0 aromatic heterocycles. The van der Waals surface area contributed by atoms with Crippen LogP contribution in [0.15, 0.2) is 72.9 Å². The van der Waals surface area contributed by atoms with Crippen molar-refractivity contribution >= 4 is 17.9 Å². The predicted molar refractivity (Wildman–Crippen MR) is 344 cm³/mol. The fourth-order valence-electron chi connectivity index (χ4n) is 9.95. The van der Waals surface area contributed by atoms with Crippen LogP contribution < -0.4 is 0 Å². The van der Waals surface area contributed by atoms with Gasteiger partial charge in [0.2, 0.25) is 0 Å². The van der Waals surface area contributed by atoms with E-state index >= 15 is 0 Å². The van der Waals surface area contributed by atoms with Gasteiger partial charge in [-0.25, -0.2) is 0 Å². The zero-order chi connectivity index (χ0) is 57.1. The number of ether oxygens (including phenoxy) is 3. The van der Waals surface area contributed by atoms with Crippen molar-refractivity contribution in [2.24, 2.45) is 0 Å². The molecule has 0 saturated carbocycles. The van der Waals surface area contributed by atoms with Crippen molar-refractivity contribution in [3.8, 4) is 0 Å². The fraction of sp³-hybridized carbons (Fsp3) is 0.795. The third kappa shape index (κ3) is 65.5. The number of carbonyl (C=O) groups is 3. The van der Waals surface area contributed by atoms with E-state index in [2.05, 4.69) is 93.7 Å². The average molecular weight is 1100 g/mol. The molecule has 79 heavy (non-hydrogen) atoms. The number of hydrogen-bond donors (Lipinski definition) is 0. The Hall–Kier alpha value is -3.15. The van der Waals surface area contributed by atoms with E-state index in [-0.39, 0.29) is 31.1 Å². The topological polar surface area (TPSA) is 78.9 Å². The Labute approximate surface area is 491 Å². The molecule has 0 spiro atoms. The maximum Gasteiger partial charge on any atom is 0.306 e. The van der Waals surface area contributed by atoms with Gasteiger partial charge in [-0.05, 0) is 116 Å². The van der Waals surface area contributed by atoms with Crippen LogP contribution in [0.4, 0.5) is 0 Å². The molecule has 0 heterocycles. The van der Waals surface area contributed by atoms with Crippen molar-refractivity contribution in [2.75, 3.05) is 13.2 Å². The highest BCUT2D eigenvalue weighted by Gasteiger charge is 2.19. The lowest BCUT2D eigenvalue weighted by Crippen LogP contribution is -2.30. The highest BCUT2D eigenvalue weighted by atomic mass is 16.6. The molecule has 0 bridgehead atoms. The number of rotatable bonds is 63. The van der Waals surface area contributed by atoms with Gasteiger partial charge in [0.1, 0.15) is 13.2 Å². The number of hydrogen-bond acceptors (Lipinski definition) is 6. The van der Waals surface area contributed by atoms with Crippen LogP contribution in [0.1, 0.15) is 355 Å². The lowest BCUT2D eigenvalue weighted by Gasteiger charge is -2.18. The first-order chi connectivity index (χ1) is 39.0. The van der Waals surface area contributed by atoms with E-state index in [0.29, 0.717) is 19.3 Å². The normalized spacial score (nSPS) is 12.5. The zero-order valence-electron chi connectivity index (χ0n) is 52.6. The molecule has 0 aromatic carbocycles. The number of esters is 3. The minimum Gasteiger partial charge on any atom is -0.462 e. The molecule has 6 heteroatoms. The van der Waals surface area contributed by atoms with E-state index in [1.165, 1.54) is 225 Å². The van der Waals surface area contributed by atoms with Crippen LogP contribution in [-0.4, -0.2) is 37.2 Å². The van der Waals surface area contributed by atoms with E-state index in [1.54, 1.807) is 0 Å². The molecule has 0 aliphatic heterocycles. The van der Waals surface area contributed by atoms with Crippen LogP contribution in [0.3, 0.4) is 0 Å². The molecule has 6 nitrogen and oxygen atoms in total. The van der Waals surface area contributed by atoms with Crippen LogP contribution in [0.2, 0.25) is 0 Å². The molecule has 1 atom stereocenters. The van der Waals surface area contributed by atoms with Crippen LogP contribution in [-0.2, 0) is 28.6 Å². The van der Waals surface area contributed by atoms with Gasteiger partial charge in [0.05, 0.1) is 0 Å². The monoisotopic (exact) mass is 1100 g/mol. The number of allylic oxidation sites excluding steroid dienone is 12. The maximum absolute atomic E-state index is 12.9. The Kier molecular flexibility index (Phi) is 64.7. The van der Waals surface area contributed by atoms with Crippen LogP contribution in [0.5, 0.6) is 0 Å². The summed E-state index contributed by atoms with van der Waals surface area (Å²) in [6.45, 7) is 6.61. The molecule has 0 radical (unpaired) electrons. The second kappa shape index (κ2) is 67.4. The van der Waals surface area contributed by atoms with Gasteiger partial charge in [0.15, 0.2) is 6.10 Å². The molecule has 1 unspecified atom stereocenters. The Morgan fingerprint density at radius 2 is 0.456 bits per heavy atom. The standard InChI is InChI=1S/C73H130O6/c1-4-7-10-13-16-19-22-25-27-29-31-32-33-34-35-36-37-38-39-40-41-42-43-45-46-48-51-54-57-60-63-66-72(75)78-69-70(68-77-71(74)65-62-59-56-53-50-24-21-18-15-12-9-6-3)79-73(76)67-64-61-58-55-52-49-47-44-30-28-26-23-20-17-14-11-8-5-2/h18,20-23,25,28-31,33-34,70H,4-17,19,24,26-27,32,35-69H2,1-3H3/b21-18-,23-20-,25-22-,30-28-,31-29-,34-33-. The number of carbonyl (C=O) groups excluding carboxylic acids is 3. The first-order valence-corrected chi connectivity index (χ1v) is 34.4. The Bertz CT molecular complexity index is 1450. The molecule has 0 saturated heterocycles. The quantitative estimate of drug-likeness (QED) is 0.0261. The van der Waals surface area contributed by atoms with Crippen molar-refractivity contribution in [3.63, 3.8) is 0 Å². The van der Waals surface area contributed by atoms with Crippen LogP contribution in [0.25, 0.3) is 0 Å². The van der Waals surface area contributed by atoms with Crippen LogP contribution >= 0.6 is 0 Å². The third-order valence-electron chi connectivity index (χ3n) is 15.2. The van der Waals surface area contributed by atoms with E-state index in [0.717, 1.165) is 89.9 Å². The molecule has 0 amide bonds. The van der Waals surface area contributed by atoms with E-state index in [4.69, 9.17) is 14.2 Å². The van der Waals surface area contributed by atoms with Gasteiger partial charge in [-0.2, -0.15) is 0 Å². The lowest BCUT2D eigenvalue weighted by atomic mass is 10.0. The summed E-state index contributed by atoms with van der Waals surface area (Å²) in [6.07, 6.45) is 87.8.